The maximum absolute atomic E-state index is 10.5. The molecule has 3 aromatic carbocycles. The molecule has 2 unspecified atom stereocenters. The fraction of sp³-hybridized carbons (Fsp3) is 0.130. The highest BCUT2D eigenvalue weighted by Gasteiger charge is 2.29. The number of aromatic hydroxyl groups is 1. The van der Waals surface area contributed by atoms with Crippen LogP contribution in [0.4, 0.5) is 0 Å². The molecule has 6 heteroatoms. The van der Waals surface area contributed by atoms with Gasteiger partial charge < -0.3 is 20.5 Å². The van der Waals surface area contributed by atoms with Crippen LogP contribution in [0.1, 0.15) is 28.9 Å². The molecular formula is C23H21BrClN2O2+. The second kappa shape index (κ2) is 8.49. The molecule has 1 aliphatic heterocycles. The quantitative estimate of drug-likeness (QED) is 0.513. The van der Waals surface area contributed by atoms with Gasteiger partial charge in [-0.1, -0.05) is 27.5 Å². The summed E-state index contributed by atoms with van der Waals surface area (Å²) in [6.45, 7) is 0. The summed E-state index contributed by atoms with van der Waals surface area (Å²) in [6, 6.07) is 21.2. The third-order valence-electron chi connectivity index (χ3n) is 5.04. The average molecular weight is 473 g/mol. The average Bonchev–Trinajstić information content (AvgIpc) is 2.75. The van der Waals surface area contributed by atoms with Crippen molar-refractivity contribution in [2.24, 2.45) is 0 Å². The first-order chi connectivity index (χ1) is 14.0. The summed E-state index contributed by atoms with van der Waals surface area (Å²) in [5, 5.41) is 17.0. The standard InChI is InChI=1S/C23H20BrClN2O2/c1-29-18-9-4-14(5-10-18)20-13-21(19-12-16(24)6-11-22(19)28)27-23(26-20)15-2-7-17(25)8-3-15/h2-13,21,23,26-28H,1H3/p+1. The maximum Gasteiger partial charge on any atom is 0.186 e. The summed E-state index contributed by atoms with van der Waals surface area (Å²) < 4.78 is 6.21. The maximum atomic E-state index is 10.5. The van der Waals surface area contributed by atoms with Gasteiger partial charge in [-0.25, -0.2) is 0 Å². The Morgan fingerprint density at radius 3 is 2.45 bits per heavy atom. The Balaban J connectivity index is 1.75. The van der Waals surface area contributed by atoms with Crippen molar-refractivity contribution in [2.75, 3.05) is 7.11 Å². The Morgan fingerprint density at radius 1 is 1.03 bits per heavy atom. The van der Waals surface area contributed by atoms with Crippen molar-refractivity contribution in [3.8, 4) is 11.5 Å². The van der Waals surface area contributed by atoms with Crippen LogP contribution in [0.5, 0.6) is 11.5 Å². The van der Waals surface area contributed by atoms with Crippen molar-refractivity contribution in [2.45, 2.75) is 12.2 Å². The van der Waals surface area contributed by atoms with Crippen LogP contribution in [0.25, 0.3) is 5.70 Å². The molecule has 4 rings (SSSR count). The molecule has 1 aliphatic rings. The van der Waals surface area contributed by atoms with Gasteiger partial charge in [0.25, 0.3) is 0 Å². The number of nitrogens with one attached hydrogen (secondary N) is 1. The molecule has 0 amide bonds. The summed E-state index contributed by atoms with van der Waals surface area (Å²) in [4.78, 5) is 0. The van der Waals surface area contributed by atoms with Gasteiger partial charge in [-0.05, 0) is 72.3 Å². The van der Waals surface area contributed by atoms with Crippen molar-refractivity contribution in [3.05, 3.63) is 99.0 Å². The largest absolute Gasteiger partial charge is 0.507 e. The lowest BCUT2D eigenvalue weighted by Crippen LogP contribution is -2.89. The summed E-state index contributed by atoms with van der Waals surface area (Å²) in [6.07, 6.45) is 2.10. The number of methoxy groups -OCH3 is 1. The van der Waals surface area contributed by atoms with Gasteiger partial charge in [-0.3, -0.25) is 0 Å². The van der Waals surface area contributed by atoms with Gasteiger partial charge in [-0.15, -0.1) is 0 Å². The van der Waals surface area contributed by atoms with Gasteiger partial charge in [0.05, 0.1) is 12.7 Å². The number of quaternary nitrogens is 1. The van der Waals surface area contributed by atoms with Crippen molar-refractivity contribution in [1.82, 2.24) is 5.32 Å². The molecule has 0 saturated carbocycles. The molecule has 0 radical (unpaired) electrons. The molecule has 0 aromatic heterocycles. The van der Waals surface area contributed by atoms with Gasteiger partial charge in [0.15, 0.2) is 6.17 Å². The monoisotopic (exact) mass is 471 g/mol. The normalized spacial score (nSPS) is 18.7. The van der Waals surface area contributed by atoms with E-state index in [1.54, 1.807) is 13.2 Å². The number of nitrogens with two attached hydrogens (primary N) is 1. The summed E-state index contributed by atoms with van der Waals surface area (Å²) in [5.41, 5.74) is 4.01. The molecule has 1 heterocycles. The van der Waals surface area contributed by atoms with E-state index in [2.05, 4.69) is 32.6 Å². The fourth-order valence-electron chi connectivity index (χ4n) is 3.51. The molecule has 0 saturated heterocycles. The van der Waals surface area contributed by atoms with Gasteiger partial charge in [-0.2, -0.15) is 0 Å². The van der Waals surface area contributed by atoms with Gasteiger partial charge >= 0.3 is 0 Å². The van der Waals surface area contributed by atoms with E-state index in [0.29, 0.717) is 5.02 Å². The van der Waals surface area contributed by atoms with E-state index in [1.807, 2.05) is 60.7 Å². The van der Waals surface area contributed by atoms with Crippen LogP contribution in [-0.2, 0) is 0 Å². The molecule has 0 spiro atoms. The molecule has 0 aliphatic carbocycles. The molecule has 4 N–H and O–H groups in total. The van der Waals surface area contributed by atoms with Gasteiger partial charge in [0.1, 0.15) is 17.5 Å². The van der Waals surface area contributed by atoms with Crippen molar-refractivity contribution in [1.29, 1.82) is 0 Å². The van der Waals surface area contributed by atoms with Crippen LogP contribution in [0.2, 0.25) is 5.02 Å². The molecule has 29 heavy (non-hydrogen) atoms. The van der Waals surface area contributed by atoms with Crippen LogP contribution in [-0.4, -0.2) is 12.2 Å². The molecule has 0 fully saturated rings. The van der Waals surface area contributed by atoms with E-state index in [1.165, 1.54) is 0 Å². The van der Waals surface area contributed by atoms with Crippen molar-refractivity contribution in [3.63, 3.8) is 0 Å². The van der Waals surface area contributed by atoms with E-state index in [0.717, 1.165) is 32.6 Å². The van der Waals surface area contributed by atoms with E-state index >= 15 is 0 Å². The first kappa shape index (κ1) is 19.8. The number of hydrogen-bond donors (Lipinski definition) is 3. The molecule has 4 nitrogen and oxygen atoms in total. The van der Waals surface area contributed by atoms with Crippen LogP contribution in [0, 0.1) is 0 Å². The number of benzene rings is 3. The minimum absolute atomic E-state index is 0.0299. The van der Waals surface area contributed by atoms with Crippen LogP contribution >= 0.6 is 27.5 Å². The zero-order valence-corrected chi connectivity index (χ0v) is 18.1. The molecule has 3 aromatic rings. The Kier molecular flexibility index (Phi) is 5.81. The highest BCUT2D eigenvalue weighted by atomic mass is 79.9. The minimum atomic E-state index is -0.0634. The van der Waals surface area contributed by atoms with E-state index in [9.17, 15) is 5.11 Å². The number of ether oxygens (including phenoxy) is 1. The number of halogens is 2. The Bertz CT molecular complexity index is 1040. The summed E-state index contributed by atoms with van der Waals surface area (Å²) in [5.74, 6) is 1.09. The number of hydrogen-bond acceptors (Lipinski definition) is 3. The van der Waals surface area contributed by atoms with Crippen LogP contribution in [0.15, 0.2) is 77.3 Å². The first-order valence-corrected chi connectivity index (χ1v) is 10.4. The fourth-order valence-corrected chi connectivity index (χ4v) is 4.01. The third-order valence-corrected chi connectivity index (χ3v) is 5.78. The number of phenolic OH excluding ortho intramolecular Hbond substituents is 1. The smallest absolute Gasteiger partial charge is 0.186 e. The third kappa shape index (κ3) is 4.42. The SMILES string of the molecule is COc1ccc(C2=CC(c3cc(Br)ccc3O)[NH2+]C(c3ccc(Cl)cc3)N2)cc1. The predicted molar refractivity (Wildman–Crippen MR) is 119 cm³/mol. The highest BCUT2D eigenvalue weighted by molar-refractivity contribution is 9.10. The van der Waals surface area contributed by atoms with Gasteiger partial charge in [0, 0.05) is 26.8 Å². The zero-order valence-electron chi connectivity index (χ0n) is 15.8. The lowest BCUT2D eigenvalue weighted by Gasteiger charge is -2.30. The van der Waals surface area contributed by atoms with Gasteiger partial charge in [0.2, 0.25) is 0 Å². The molecule has 0 bridgehead atoms. The van der Waals surface area contributed by atoms with E-state index < -0.39 is 0 Å². The minimum Gasteiger partial charge on any atom is -0.507 e. The Labute approximate surface area is 183 Å². The van der Waals surface area contributed by atoms with E-state index in [-0.39, 0.29) is 18.0 Å². The number of rotatable bonds is 4. The Hall–Kier alpha value is -2.47. The zero-order chi connectivity index (χ0) is 20.4. The lowest BCUT2D eigenvalue weighted by molar-refractivity contribution is -0.731. The summed E-state index contributed by atoms with van der Waals surface area (Å²) >= 11 is 9.59. The molecule has 148 valence electrons. The summed E-state index contributed by atoms with van der Waals surface area (Å²) in [7, 11) is 1.66. The first-order valence-electron chi connectivity index (χ1n) is 9.25. The second-order valence-corrected chi connectivity index (χ2v) is 8.26. The van der Waals surface area contributed by atoms with Crippen molar-refractivity contribution < 1.29 is 15.2 Å². The number of phenols is 1. The second-order valence-electron chi connectivity index (χ2n) is 6.90. The predicted octanol–water partition coefficient (Wildman–Crippen LogP) is 4.76. The molecule has 2 atom stereocenters. The van der Waals surface area contributed by atoms with Crippen LogP contribution < -0.4 is 15.4 Å². The molecular weight excluding hydrogens is 452 g/mol. The lowest BCUT2D eigenvalue weighted by atomic mass is 9.98. The topological polar surface area (TPSA) is 58.1 Å². The van der Waals surface area contributed by atoms with Crippen LogP contribution in [0.3, 0.4) is 0 Å². The van der Waals surface area contributed by atoms with Crippen molar-refractivity contribution >= 4 is 33.2 Å². The van der Waals surface area contributed by atoms with E-state index in [4.69, 9.17) is 16.3 Å². The highest BCUT2D eigenvalue weighted by Crippen LogP contribution is 2.31. The Morgan fingerprint density at radius 2 is 1.76 bits per heavy atom.